The smallest absolute Gasteiger partial charge is 0.270 e. The van der Waals surface area contributed by atoms with E-state index in [1.54, 1.807) is 12.3 Å². The van der Waals surface area contributed by atoms with Gasteiger partial charge in [0.15, 0.2) is 0 Å². The van der Waals surface area contributed by atoms with Gasteiger partial charge >= 0.3 is 0 Å². The summed E-state index contributed by atoms with van der Waals surface area (Å²) in [7, 11) is 0. The minimum Gasteiger partial charge on any atom is -0.350 e. The predicted molar refractivity (Wildman–Crippen MR) is 99.5 cm³/mol. The van der Waals surface area contributed by atoms with Gasteiger partial charge in [-0.05, 0) is 37.0 Å². The zero-order valence-corrected chi connectivity index (χ0v) is 14.8. The second-order valence-corrected chi connectivity index (χ2v) is 6.71. The van der Waals surface area contributed by atoms with Gasteiger partial charge in [-0.2, -0.15) is 0 Å². The lowest BCUT2D eigenvalue weighted by Gasteiger charge is -2.16. The molecule has 0 saturated heterocycles. The highest BCUT2D eigenvalue weighted by Gasteiger charge is 2.17. The van der Waals surface area contributed by atoms with Crippen molar-refractivity contribution < 1.29 is 4.79 Å². The van der Waals surface area contributed by atoms with Gasteiger partial charge in [0.05, 0.1) is 0 Å². The number of benzene rings is 1. The summed E-state index contributed by atoms with van der Waals surface area (Å²) >= 11 is 0. The number of rotatable bonds is 5. The minimum absolute atomic E-state index is 0.103. The highest BCUT2D eigenvalue weighted by Crippen LogP contribution is 2.17. The minimum atomic E-state index is -0.103. The van der Waals surface area contributed by atoms with Gasteiger partial charge in [0.25, 0.3) is 5.91 Å². The fraction of sp³-hybridized carbons (Fsp3) is 0.450. The topological polar surface area (TPSA) is 66.9 Å². The van der Waals surface area contributed by atoms with Crippen molar-refractivity contribution in [3.05, 3.63) is 53.3 Å². The SMILES string of the molecule is Cc1ccccc1CNc1nccc(C(=O)NC2CCCCCC2)n1. The molecule has 0 spiro atoms. The summed E-state index contributed by atoms with van der Waals surface area (Å²) in [6, 6.07) is 10.1. The van der Waals surface area contributed by atoms with Gasteiger partial charge in [-0.25, -0.2) is 9.97 Å². The summed E-state index contributed by atoms with van der Waals surface area (Å²) < 4.78 is 0. The molecule has 0 atom stereocenters. The van der Waals surface area contributed by atoms with Crippen molar-refractivity contribution >= 4 is 11.9 Å². The lowest BCUT2D eigenvalue weighted by atomic mass is 10.1. The number of hydrogen-bond acceptors (Lipinski definition) is 4. The second-order valence-electron chi connectivity index (χ2n) is 6.71. The zero-order valence-electron chi connectivity index (χ0n) is 14.8. The van der Waals surface area contributed by atoms with E-state index in [1.165, 1.54) is 36.8 Å². The Bertz CT molecular complexity index is 708. The fourth-order valence-corrected chi connectivity index (χ4v) is 3.24. The molecule has 1 aliphatic carbocycles. The summed E-state index contributed by atoms with van der Waals surface area (Å²) in [6.07, 6.45) is 8.69. The van der Waals surface area contributed by atoms with Gasteiger partial charge in [0, 0.05) is 18.8 Å². The third kappa shape index (κ3) is 5.02. The van der Waals surface area contributed by atoms with Crippen LogP contribution in [0.2, 0.25) is 0 Å². The Kier molecular flexibility index (Phi) is 5.99. The first-order chi connectivity index (χ1) is 12.2. The van der Waals surface area contributed by atoms with Crippen molar-refractivity contribution in [3.8, 4) is 0 Å². The highest BCUT2D eigenvalue weighted by atomic mass is 16.1. The van der Waals surface area contributed by atoms with Crippen LogP contribution < -0.4 is 10.6 Å². The Morgan fingerprint density at radius 2 is 1.88 bits per heavy atom. The van der Waals surface area contributed by atoms with E-state index in [-0.39, 0.29) is 11.9 Å². The molecule has 1 aromatic heterocycles. The van der Waals surface area contributed by atoms with Gasteiger partial charge < -0.3 is 10.6 Å². The molecule has 5 heteroatoms. The first-order valence-electron chi connectivity index (χ1n) is 9.14. The molecule has 1 amide bonds. The number of aromatic nitrogens is 2. The van der Waals surface area contributed by atoms with E-state index >= 15 is 0 Å². The molecule has 132 valence electrons. The van der Waals surface area contributed by atoms with Crippen molar-refractivity contribution in [1.82, 2.24) is 15.3 Å². The molecule has 5 nitrogen and oxygen atoms in total. The quantitative estimate of drug-likeness (QED) is 0.813. The average molecular weight is 338 g/mol. The molecular formula is C20H26N4O. The van der Waals surface area contributed by atoms with Gasteiger partial charge in [-0.1, -0.05) is 49.9 Å². The third-order valence-corrected chi connectivity index (χ3v) is 4.78. The third-order valence-electron chi connectivity index (χ3n) is 4.78. The first-order valence-corrected chi connectivity index (χ1v) is 9.14. The molecule has 2 aromatic rings. The fourth-order valence-electron chi connectivity index (χ4n) is 3.24. The number of carbonyl (C=O) groups excluding carboxylic acids is 1. The summed E-state index contributed by atoms with van der Waals surface area (Å²) in [5.74, 6) is 0.380. The molecule has 0 unspecified atom stereocenters. The molecule has 0 bridgehead atoms. The molecule has 3 rings (SSSR count). The Labute approximate surface area is 149 Å². The number of nitrogens with zero attached hydrogens (tertiary/aromatic N) is 2. The number of amides is 1. The molecule has 2 N–H and O–H groups in total. The predicted octanol–water partition coefficient (Wildman–Crippen LogP) is 3.85. The van der Waals surface area contributed by atoms with Crippen LogP contribution in [0, 0.1) is 6.92 Å². The largest absolute Gasteiger partial charge is 0.350 e. The van der Waals surface area contributed by atoms with Crippen molar-refractivity contribution in [2.45, 2.75) is 58.0 Å². The maximum atomic E-state index is 12.5. The van der Waals surface area contributed by atoms with E-state index in [0.717, 1.165) is 12.8 Å². The molecule has 1 heterocycles. The zero-order chi connectivity index (χ0) is 17.5. The Balaban J connectivity index is 1.60. The van der Waals surface area contributed by atoms with E-state index in [9.17, 15) is 4.79 Å². The number of aryl methyl sites for hydroxylation is 1. The lowest BCUT2D eigenvalue weighted by molar-refractivity contribution is 0.0928. The average Bonchev–Trinajstić information content (AvgIpc) is 2.90. The van der Waals surface area contributed by atoms with Crippen molar-refractivity contribution in [1.29, 1.82) is 0 Å². The molecule has 1 fully saturated rings. The Hall–Kier alpha value is -2.43. The molecule has 25 heavy (non-hydrogen) atoms. The molecule has 0 radical (unpaired) electrons. The van der Waals surface area contributed by atoms with Crippen LogP contribution in [0.1, 0.15) is 60.1 Å². The van der Waals surface area contributed by atoms with Gasteiger partial charge in [0.1, 0.15) is 5.69 Å². The number of carbonyl (C=O) groups is 1. The van der Waals surface area contributed by atoms with Crippen molar-refractivity contribution in [2.75, 3.05) is 5.32 Å². The number of anilines is 1. The first kappa shape index (κ1) is 17.4. The van der Waals surface area contributed by atoms with Crippen molar-refractivity contribution in [2.24, 2.45) is 0 Å². The van der Waals surface area contributed by atoms with Crippen LogP contribution in [0.4, 0.5) is 5.95 Å². The molecular weight excluding hydrogens is 312 g/mol. The summed E-state index contributed by atoms with van der Waals surface area (Å²) in [5, 5.41) is 6.34. The maximum Gasteiger partial charge on any atom is 0.270 e. The summed E-state index contributed by atoms with van der Waals surface area (Å²) in [4.78, 5) is 21.1. The van der Waals surface area contributed by atoms with Crippen LogP contribution in [0.3, 0.4) is 0 Å². The van der Waals surface area contributed by atoms with Crippen LogP contribution in [0.5, 0.6) is 0 Å². The van der Waals surface area contributed by atoms with E-state index in [0.29, 0.717) is 18.2 Å². The normalized spacial score (nSPS) is 15.4. The van der Waals surface area contributed by atoms with Crippen LogP contribution in [-0.2, 0) is 6.54 Å². The molecule has 1 saturated carbocycles. The van der Waals surface area contributed by atoms with Crippen LogP contribution in [-0.4, -0.2) is 21.9 Å². The van der Waals surface area contributed by atoms with E-state index in [2.05, 4.69) is 39.7 Å². The standard InChI is InChI=1S/C20H26N4O/c1-15-8-6-7-9-16(15)14-22-20-21-13-12-18(24-20)19(25)23-17-10-4-2-3-5-11-17/h6-9,12-13,17H,2-5,10-11,14H2,1H3,(H,23,25)(H,21,22,24). The maximum absolute atomic E-state index is 12.5. The molecule has 1 aromatic carbocycles. The van der Waals surface area contributed by atoms with E-state index < -0.39 is 0 Å². The van der Waals surface area contributed by atoms with Crippen molar-refractivity contribution in [3.63, 3.8) is 0 Å². The summed E-state index contributed by atoms with van der Waals surface area (Å²) in [5.41, 5.74) is 2.84. The highest BCUT2D eigenvalue weighted by molar-refractivity contribution is 5.92. The van der Waals surface area contributed by atoms with Crippen LogP contribution in [0.25, 0.3) is 0 Å². The van der Waals surface area contributed by atoms with Crippen LogP contribution >= 0.6 is 0 Å². The molecule has 0 aliphatic heterocycles. The number of nitrogens with one attached hydrogen (secondary N) is 2. The summed E-state index contributed by atoms with van der Waals surface area (Å²) in [6.45, 7) is 2.72. The van der Waals surface area contributed by atoms with E-state index in [1.807, 2.05) is 12.1 Å². The molecule has 1 aliphatic rings. The lowest BCUT2D eigenvalue weighted by Crippen LogP contribution is -2.35. The van der Waals surface area contributed by atoms with Gasteiger partial charge in [-0.15, -0.1) is 0 Å². The second kappa shape index (κ2) is 8.60. The van der Waals surface area contributed by atoms with Crippen LogP contribution in [0.15, 0.2) is 36.5 Å². The Morgan fingerprint density at radius 3 is 2.64 bits per heavy atom. The number of hydrogen-bond donors (Lipinski definition) is 2. The van der Waals surface area contributed by atoms with Gasteiger partial charge in [0.2, 0.25) is 5.95 Å². The monoisotopic (exact) mass is 338 g/mol. The van der Waals surface area contributed by atoms with Gasteiger partial charge in [-0.3, -0.25) is 4.79 Å². The van der Waals surface area contributed by atoms with E-state index in [4.69, 9.17) is 0 Å². The Morgan fingerprint density at radius 1 is 1.12 bits per heavy atom.